The van der Waals surface area contributed by atoms with Gasteiger partial charge in [-0.2, -0.15) is 0 Å². The van der Waals surface area contributed by atoms with E-state index in [-0.39, 0.29) is 12.3 Å². The third-order valence-corrected chi connectivity index (χ3v) is 2.81. The van der Waals surface area contributed by atoms with Crippen molar-refractivity contribution in [1.82, 2.24) is 9.88 Å². The number of nitro groups is 1. The molecule has 2 N–H and O–H groups in total. The molecule has 0 bridgehead atoms. The van der Waals surface area contributed by atoms with Crippen LogP contribution in [-0.2, 0) is 20.9 Å². The molecule has 1 aromatic rings. The molecule has 22 heavy (non-hydrogen) atoms. The zero-order valence-electron chi connectivity index (χ0n) is 11.9. The lowest BCUT2D eigenvalue weighted by Crippen LogP contribution is -2.56. The van der Waals surface area contributed by atoms with Crippen molar-refractivity contribution < 1.29 is 24.4 Å². The minimum atomic E-state index is -1.67. The van der Waals surface area contributed by atoms with Crippen molar-refractivity contribution in [3.05, 3.63) is 38.8 Å². The van der Waals surface area contributed by atoms with Crippen LogP contribution in [0, 0.1) is 10.1 Å². The van der Waals surface area contributed by atoms with Crippen LogP contribution in [0.15, 0.2) is 23.1 Å². The van der Waals surface area contributed by atoms with Crippen LogP contribution in [0.5, 0.6) is 0 Å². The van der Waals surface area contributed by atoms with Gasteiger partial charge in [0.05, 0.1) is 17.7 Å². The molecular formula is C12H15N3O7. The first kappa shape index (κ1) is 17.3. The predicted octanol–water partition coefficient (Wildman–Crippen LogP) is -0.638. The fraction of sp³-hybridized carbons (Fsp3) is 0.417. The first-order valence-corrected chi connectivity index (χ1v) is 6.08. The Kier molecular flexibility index (Phi) is 5.35. The van der Waals surface area contributed by atoms with Crippen molar-refractivity contribution in [2.45, 2.75) is 19.0 Å². The molecule has 1 amide bonds. The Bertz CT molecular complexity index is 654. The molecule has 10 heteroatoms. The molecule has 0 aromatic carbocycles. The Balaban J connectivity index is 2.93. The van der Waals surface area contributed by atoms with E-state index in [2.05, 4.69) is 5.32 Å². The average Bonchev–Trinajstić information content (AvgIpc) is 2.40. The number of carbonyl (C=O) groups is 2. The summed E-state index contributed by atoms with van der Waals surface area (Å²) in [7, 11) is 1.28. The highest BCUT2D eigenvalue weighted by molar-refractivity contribution is 5.86. The van der Waals surface area contributed by atoms with Crippen molar-refractivity contribution in [1.29, 1.82) is 0 Å². The number of hydrogen-bond acceptors (Lipinski definition) is 6. The number of nitrogens with one attached hydrogen (secondary N) is 1. The van der Waals surface area contributed by atoms with E-state index < -0.39 is 34.4 Å². The predicted molar refractivity (Wildman–Crippen MR) is 73.4 cm³/mol. The first-order chi connectivity index (χ1) is 10.2. The van der Waals surface area contributed by atoms with Gasteiger partial charge in [-0.15, -0.1) is 0 Å². The summed E-state index contributed by atoms with van der Waals surface area (Å²) in [5.41, 5.74) is -2.65. The number of nitrogens with zero attached hydrogens (tertiary/aromatic N) is 2. The summed E-state index contributed by atoms with van der Waals surface area (Å²) in [5, 5.41) is 22.0. The summed E-state index contributed by atoms with van der Waals surface area (Å²) >= 11 is 0. The lowest BCUT2D eigenvalue weighted by molar-refractivity contribution is -0.385. The fourth-order valence-electron chi connectivity index (χ4n) is 1.69. The molecule has 0 radical (unpaired) electrons. The normalized spacial score (nSPS) is 13.2. The molecule has 0 saturated carbocycles. The van der Waals surface area contributed by atoms with Crippen molar-refractivity contribution in [3.8, 4) is 0 Å². The molecule has 0 fully saturated rings. The zero-order valence-corrected chi connectivity index (χ0v) is 11.9. The van der Waals surface area contributed by atoms with Gasteiger partial charge in [-0.25, -0.2) is 4.79 Å². The van der Waals surface area contributed by atoms with Crippen LogP contribution in [0.2, 0.25) is 0 Å². The molecule has 1 rings (SSSR count). The quantitative estimate of drug-likeness (QED) is 0.504. The Morgan fingerprint density at radius 3 is 2.64 bits per heavy atom. The van der Waals surface area contributed by atoms with E-state index in [4.69, 9.17) is 9.84 Å². The van der Waals surface area contributed by atoms with Crippen LogP contribution in [-0.4, -0.2) is 45.7 Å². The Morgan fingerprint density at radius 1 is 1.50 bits per heavy atom. The minimum Gasteiger partial charge on any atom is -0.479 e. The van der Waals surface area contributed by atoms with Crippen LogP contribution in [0.4, 0.5) is 5.69 Å². The van der Waals surface area contributed by atoms with Gasteiger partial charge in [0.2, 0.25) is 5.91 Å². The maximum atomic E-state index is 11.9. The van der Waals surface area contributed by atoms with Gasteiger partial charge < -0.3 is 15.2 Å². The maximum absolute atomic E-state index is 11.9. The second-order valence-corrected chi connectivity index (χ2v) is 4.73. The third-order valence-electron chi connectivity index (χ3n) is 2.81. The smallest absolute Gasteiger partial charge is 0.331 e. The number of pyridine rings is 1. The maximum Gasteiger partial charge on any atom is 0.331 e. The molecule has 0 saturated heterocycles. The van der Waals surface area contributed by atoms with E-state index >= 15 is 0 Å². The molecule has 1 unspecified atom stereocenters. The molecule has 1 aromatic heterocycles. The van der Waals surface area contributed by atoms with Crippen LogP contribution < -0.4 is 10.9 Å². The van der Waals surface area contributed by atoms with Gasteiger partial charge in [0.15, 0.2) is 5.54 Å². The van der Waals surface area contributed by atoms with Crippen molar-refractivity contribution in [3.63, 3.8) is 0 Å². The van der Waals surface area contributed by atoms with E-state index in [1.807, 2.05) is 0 Å². The third kappa shape index (κ3) is 4.12. The molecule has 0 aliphatic carbocycles. The van der Waals surface area contributed by atoms with Crippen LogP contribution in [0.25, 0.3) is 0 Å². The molecule has 0 aliphatic heterocycles. The van der Waals surface area contributed by atoms with E-state index in [0.29, 0.717) is 0 Å². The standard InChI is InChI=1S/C12H15N3O7/c1-12(7-22-2,11(18)19)13-9(16)6-14-5-8(15(20)21)3-4-10(14)17/h3-5H,6-7H2,1-2H3,(H,13,16)(H,18,19). The van der Waals surface area contributed by atoms with E-state index in [1.54, 1.807) is 0 Å². The summed E-state index contributed by atoms with van der Waals surface area (Å²) in [6, 6.07) is 1.97. The molecule has 10 nitrogen and oxygen atoms in total. The van der Waals surface area contributed by atoms with E-state index in [0.717, 1.165) is 22.9 Å². The lowest BCUT2D eigenvalue weighted by atomic mass is 10.0. The number of rotatable bonds is 7. The highest BCUT2D eigenvalue weighted by atomic mass is 16.6. The number of methoxy groups -OCH3 is 1. The van der Waals surface area contributed by atoms with Crippen molar-refractivity contribution in [2.75, 3.05) is 13.7 Å². The monoisotopic (exact) mass is 313 g/mol. The number of carboxylic acids is 1. The number of hydrogen-bond donors (Lipinski definition) is 2. The zero-order chi connectivity index (χ0) is 16.9. The Morgan fingerprint density at radius 2 is 2.14 bits per heavy atom. The lowest BCUT2D eigenvalue weighted by Gasteiger charge is -2.25. The van der Waals surface area contributed by atoms with Crippen molar-refractivity contribution >= 4 is 17.6 Å². The second-order valence-electron chi connectivity index (χ2n) is 4.73. The molecular weight excluding hydrogens is 298 g/mol. The molecule has 1 heterocycles. The molecule has 0 spiro atoms. The first-order valence-electron chi connectivity index (χ1n) is 6.08. The Labute approximate surface area is 124 Å². The van der Waals surface area contributed by atoms with Gasteiger partial charge in [0.25, 0.3) is 11.2 Å². The van der Waals surface area contributed by atoms with Gasteiger partial charge in [0, 0.05) is 19.2 Å². The largest absolute Gasteiger partial charge is 0.479 e. The number of aliphatic carboxylic acids is 1. The summed E-state index contributed by atoms with van der Waals surface area (Å²) in [6.45, 7) is 0.415. The van der Waals surface area contributed by atoms with Gasteiger partial charge >= 0.3 is 5.97 Å². The minimum absolute atomic E-state index is 0.280. The molecule has 120 valence electrons. The molecule has 1 atom stereocenters. The molecule has 0 aliphatic rings. The summed E-state index contributed by atoms with van der Waals surface area (Å²) < 4.78 is 5.56. The average molecular weight is 313 g/mol. The second kappa shape index (κ2) is 6.80. The summed E-state index contributed by atoms with van der Waals surface area (Å²) in [6.07, 6.45) is 0.913. The fourth-order valence-corrected chi connectivity index (χ4v) is 1.69. The van der Waals surface area contributed by atoms with E-state index in [9.17, 15) is 24.5 Å². The topological polar surface area (TPSA) is 141 Å². The number of carboxylic acid groups (broad SMARTS) is 1. The number of ether oxygens (including phenoxy) is 1. The number of amides is 1. The Hall–Kier alpha value is -2.75. The van der Waals surface area contributed by atoms with Gasteiger partial charge in [-0.3, -0.25) is 24.3 Å². The van der Waals surface area contributed by atoms with Gasteiger partial charge in [-0.05, 0) is 6.92 Å². The number of carbonyl (C=O) groups excluding carboxylic acids is 1. The SMILES string of the molecule is COCC(C)(NC(=O)Cn1cc([N+](=O)[O-])ccc1=O)C(=O)O. The van der Waals surface area contributed by atoms with Crippen LogP contribution >= 0.6 is 0 Å². The summed E-state index contributed by atoms with van der Waals surface area (Å²) in [5.74, 6) is -2.10. The van der Waals surface area contributed by atoms with Crippen molar-refractivity contribution in [2.24, 2.45) is 0 Å². The van der Waals surface area contributed by atoms with Crippen LogP contribution in [0.1, 0.15) is 6.92 Å². The van der Waals surface area contributed by atoms with Gasteiger partial charge in [-0.1, -0.05) is 0 Å². The summed E-state index contributed by atoms with van der Waals surface area (Å²) in [4.78, 5) is 44.6. The van der Waals surface area contributed by atoms with Gasteiger partial charge in [0.1, 0.15) is 6.54 Å². The highest BCUT2D eigenvalue weighted by Crippen LogP contribution is 2.07. The number of aromatic nitrogens is 1. The van der Waals surface area contributed by atoms with E-state index in [1.165, 1.54) is 14.0 Å². The highest BCUT2D eigenvalue weighted by Gasteiger charge is 2.35. The van der Waals surface area contributed by atoms with Crippen LogP contribution in [0.3, 0.4) is 0 Å².